The first-order chi connectivity index (χ1) is 12.1. The molecular formula is C16H23ClN6OS. The number of hydrogen-bond acceptors (Lipinski definition) is 5. The average Bonchev–Trinajstić information content (AvgIpc) is 3.18. The molecule has 0 saturated carbocycles. The van der Waals surface area contributed by atoms with E-state index in [0.717, 1.165) is 42.5 Å². The number of guanidine groups is 1. The molecule has 0 radical (unpaired) electrons. The molecule has 7 nitrogen and oxygen atoms in total. The van der Waals surface area contributed by atoms with E-state index in [-0.39, 0.29) is 12.6 Å². The van der Waals surface area contributed by atoms with Gasteiger partial charge in [0.05, 0.1) is 16.9 Å². The number of nitrogens with one attached hydrogen (secondary N) is 2. The van der Waals surface area contributed by atoms with Gasteiger partial charge in [-0.3, -0.25) is 4.99 Å². The number of aromatic nitrogens is 3. The van der Waals surface area contributed by atoms with E-state index in [1.54, 1.807) is 6.07 Å². The quantitative estimate of drug-likeness (QED) is 0.546. The molecule has 0 aliphatic carbocycles. The van der Waals surface area contributed by atoms with E-state index >= 15 is 0 Å². The molecule has 0 fully saturated rings. The van der Waals surface area contributed by atoms with Crippen molar-refractivity contribution in [2.24, 2.45) is 4.99 Å². The maximum Gasteiger partial charge on any atom is 0.191 e. The van der Waals surface area contributed by atoms with Gasteiger partial charge in [0.15, 0.2) is 5.96 Å². The van der Waals surface area contributed by atoms with Gasteiger partial charge in [-0.25, -0.2) is 9.67 Å². The van der Waals surface area contributed by atoms with E-state index in [4.69, 9.17) is 11.6 Å². The van der Waals surface area contributed by atoms with Gasteiger partial charge in [-0.2, -0.15) is 5.10 Å². The Hall–Kier alpha value is -1.64. The van der Waals surface area contributed by atoms with Gasteiger partial charge in [0.25, 0.3) is 0 Å². The van der Waals surface area contributed by atoms with E-state index in [1.165, 1.54) is 11.3 Å². The number of rotatable bonds is 5. The first kappa shape index (κ1) is 18.2. The van der Waals surface area contributed by atoms with Crippen molar-refractivity contribution < 1.29 is 5.11 Å². The fourth-order valence-corrected chi connectivity index (χ4v) is 3.90. The van der Waals surface area contributed by atoms with Crippen LogP contribution in [0.2, 0.25) is 4.34 Å². The highest BCUT2D eigenvalue weighted by Crippen LogP contribution is 2.27. The highest BCUT2D eigenvalue weighted by molar-refractivity contribution is 7.16. The third kappa shape index (κ3) is 4.50. The fourth-order valence-electron chi connectivity index (χ4n) is 2.87. The molecule has 3 rings (SSSR count). The Kier molecular flexibility index (Phi) is 5.93. The molecule has 136 valence electrons. The van der Waals surface area contributed by atoms with Crippen LogP contribution >= 0.6 is 22.9 Å². The number of aliphatic hydroxyl groups is 1. The van der Waals surface area contributed by atoms with Crippen molar-refractivity contribution in [1.29, 1.82) is 0 Å². The van der Waals surface area contributed by atoms with Crippen molar-refractivity contribution >= 4 is 28.9 Å². The topological polar surface area (TPSA) is 87.4 Å². The van der Waals surface area contributed by atoms with Crippen LogP contribution in [-0.4, -0.2) is 38.9 Å². The lowest BCUT2D eigenvalue weighted by Crippen LogP contribution is -2.41. The Morgan fingerprint density at radius 3 is 3.12 bits per heavy atom. The number of halogens is 1. The molecule has 0 spiro atoms. The zero-order valence-corrected chi connectivity index (χ0v) is 15.9. The Balaban J connectivity index is 1.69. The standard InChI is InChI=1S/C16H23ClN6OS/c1-3-18-16(19-9-12(24)13-6-7-14(17)25-13)21-11-5-4-8-23-15(11)20-10(2)22-23/h6-7,11-12,24H,3-5,8-9H2,1-2H3,(H2,18,19,21). The summed E-state index contributed by atoms with van der Waals surface area (Å²) in [5.41, 5.74) is 0. The minimum Gasteiger partial charge on any atom is -0.386 e. The van der Waals surface area contributed by atoms with Gasteiger partial charge in [-0.15, -0.1) is 11.3 Å². The fraction of sp³-hybridized carbons (Fsp3) is 0.562. The highest BCUT2D eigenvalue weighted by atomic mass is 35.5. The lowest BCUT2D eigenvalue weighted by molar-refractivity contribution is 0.191. The smallest absolute Gasteiger partial charge is 0.191 e. The SMILES string of the molecule is CCNC(=NCC(O)c1ccc(Cl)s1)NC1CCCn2nc(C)nc21. The van der Waals surface area contributed by atoms with E-state index in [1.807, 2.05) is 24.6 Å². The van der Waals surface area contributed by atoms with E-state index in [2.05, 4.69) is 25.7 Å². The normalized spacial score (nSPS) is 18.7. The van der Waals surface area contributed by atoms with E-state index < -0.39 is 6.10 Å². The van der Waals surface area contributed by atoms with Gasteiger partial charge >= 0.3 is 0 Å². The predicted octanol–water partition coefficient (Wildman–Crippen LogP) is 2.43. The molecule has 9 heteroatoms. The Bertz CT molecular complexity index is 743. The van der Waals surface area contributed by atoms with Crippen molar-refractivity contribution in [1.82, 2.24) is 25.4 Å². The molecule has 1 aliphatic rings. The minimum absolute atomic E-state index is 0.0704. The zero-order valence-electron chi connectivity index (χ0n) is 14.4. The minimum atomic E-state index is -0.662. The van der Waals surface area contributed by atoms with Crippen LogP contribution < -0.4 is 10.6 Å². The van der Waals surface area contributed by atoms with Crippen molar-refractivity contribution in [3.05, 3.63) is 33.0 Å². The Labute approximate surface area is 156 Å². The molecule has 3 heterocycles. The first-order valence-corrected chi connectivity index (χ1v) is 9.65. The van der Waals surface area contributed by atoms with Crippen LogP contribution in [-0.2, 0) is 6.54 Å². The second kappa shape index (κ2) is 8.16. The summed E-state index contributed by atoms with van der Waals surface area (Å²) in [6, 6.07) is 3.69. The number of fused-ring (bicyclic) bond motifs is 1. The molecule has 2 atom stereocenters. The summed E-state index contributed by atoms with van der Waals surface area (Å²) in [4.78, 5) is 9.88. The van der Waals surface area contributed by atoms with Gasteiger partial charge in [-0.05, 0) is 38.8 Å². The van der Waals surface area contributed by atoms with Crippen LogP contribution in [0, 0.1) is 6.92 Å². The molecule has 25 heavy (non-hydrogen) atoms. The third-order valence-corrected chi connectivity index (χ3v) is 5.31. The monoisotopic (exact) mass is 382 g/mol. The number of nitrogens with zero attached hydrogens (tertiary/aromatic N) is 4. The molecule has 3 N–H and O–H groups in total. The largest absolute Gasteiger partial charge is 0.386 e. The molecule has 0 saturated heterocycles. The van der Waals surface area contributed by atoms with Crippen LogP contribution in [0.15, 0.2) is 17.1 Å². The van der Waals surface area contributed by atoms with Gasteiger partial charge < -0.3 is 15.7 Å². The molecule has 2 unspecified atom stereocenters. The summed E-state index contributed by atoms with van der Waals surface area (Å²) in [5.74, 6) is 2.40. The summed E-state index contributed by atoms with van der Waals surface area (Å²) in [7, 11) is 0. The number of aryl methyl sites for hydroxylation is 2. The number of thiophene rings is 1. The lowest BCUT2D eigenvalue weighted by atomic mass is 10.1. The van der Waals surface area contributed by atoms with Crippen LogP contribution in [0.1, 0.15) is 48.4 Å². The summed E-state index contributed by atoms with van der Waals surface area (Å²) in [6.07, 6.45) is 1.36. The molecular weight excluding hydrogens is 360 g/mol. The Morgan fingerprint density at radius 1 is 1.56 bits per heavy atom. The third-order valence-electron chi connectivity index (χ3n) is 3.98. The van der Waals surface area contributed by atoms with E-state index in [0.29, 0.717) is 10.3 Å². The summed E-state index contributed by atoms with van der Waals surface area (Å²) in [5, 5.41) is 21.4. The van der Waals surface area contributed by atoms with Crippen molar-refractivity contribution in [3.8, 4) is 0 Å². The molecule has 1 aliphatic heterocycles. The van der Waals surface area contributed by atoms with Gasteiger partial charge in [0.2, 0.25) is 0 Å². The maximum absolute atomic E-state index is 10.3. The van der Waals surface area contributed by atoms with Crippen molar-refractivity contribution in [3.63, 3.8) is 0 Å². The van der Waals surface area contributed by atoms with Crippen molar-refractivity contribution in [2.75, 3.05) is 13.1 Å². The summed E-state index contributed by atoms with van der Waals surface area (Å²) in [6.45, 7) is 5.83. The zero-order chi connectivity index (χ0) is 17.8. The molecule has 0 bridgehead atoms. The highest BCUT2D eigenvalue weighted by Gasteiger charge is 2.24. The second-order valence-electron chi connectivity index (χ2n) is 5.96. The van der Waals surface area contributed by atoms with Crippen LogP contribution in [0.25, 0.3) is 0 Å². The van der Waals surface area contributed by atoms with Crippen LogP contribution in [0.4, 0.5) is 0 Å². The van der Waals surface area contributed by atoms with Gasteiger partial charge in [-0.1, -0.05) is 11.6 Å². The second-order valence-corrected chi connectivity index (χ2v) is 7.70. The summed E-state index contributed by atoms with van der Waals surface area (Å²) >= 11 is 7.30. The summed E-state index contributed by atoms with van der Waals surface area (Å²) < 4.78 is 2.63. The average molecular weight is 383 g/mol. The number of aliphatic imine (C=N–C) groups is 1. The first-order valence-electron chi connectivity index (χ1n) is 8.46. The van der Waals surface area contributed by atoms with Gasteiger partial charge in [0, 0.05) is 18.0 Å². The molecule has 0 amide bonds. The van der Waals surface area contributed by atoms with Crippen molar-refractivity contribution in [2.45, 2.75) is 45.4 Å². The van der Waals surface area contributed by atoms with E-state index in [9.17, 15) is 5.11 Å². The predicted molar refractivity (Wildman–Crippen MR) is 100 cm³/mol. The van der Waals surface area contributed by atoms with Crippen LogP contribution in [0.5, 0.6) is 0 Å². The lowest BCUT2D eigenvalue weighted by Gasteiger charge is -2.25. The molecule has 0 aromatic carbocycles. The number of aliphatic hydroxyl groups excluding tert-OH is 1. The molecule has 2 aromatic heterocycles. The maximum atomic E-state index is 10.3. The number of hydrogen-bond donors (Lipinski definition) is 3. The van der Waals surface area contributed by atoms with Gasteiger partial charge in [0.1, 0.15) is 17.8 Å². The molecule has 2 aromatic rings. The Morgan fingerprint density at radius 2 is 2.40 bits per heavy atom. The van der Waals surface area contributed by atoms with Crippen LogP contribution in [0.3, 0.4) is 0 Å².